The van der Waals surface area contributed by atoms with Gasteiger partial charge in [0.25, 0.3) is 0 Å². The van der Waals surface area contributed by atoms with Crippen molar-refractivity contribution >= 4 is 23.3 Å². The molecule has 0 aliphatic rings. The van der Waals surface area contributed by atoms with Crippen LogP contribution in [-0.4, -0.2) is 17.6 Å². The molecular weight excluding hydrogens is 402 g/mol. The molecule has 0 saturated heterocycles. The van der Waals surface area contributed by atoms with E-state index in [4.69, 9.17) is 10.5 Å². The van der Waals surface area contributed by atoms with Crippen LogP contribution in [0, 0.1) is 11.6 Å². The van der Waals surface area contributed by atoms with Crippen LogP contribution < -0.4 is 5.73 Å². The van der Waals surface area contributed by atoms with Crippen LogP contribution >= 0.6 is 0 Å². The molecule has 0 radical (unpaired) electrons. The fourth-order valence-corrected chi connectivity index (χ4v) is 2.82. The quantitative estimate of drug-likeness (QED) is 0.251. The van der Waals surface area contributed by atoms with Gasteiger partial charge < -0.3 is 10.5 Å². The molecule has 0 spiro atoms. The first-order valence-corrected chi connectivity index (χ1v) is 9.50. The molecule has 31 heavy (non-hydrogen) atoms. The van der Waals surface area contributed by atoms with Crippen molar-refractivity contribution in [3.05, 3.63) is 101 Å². The second kappa shape index (κ2) is 10.2. The van der Waals surface area contributed by atoms with E-state index in [9.17, 15) is 18.4 Å². The van der Waals surface area contributed by atoms with Crippen molar-refractivity contribution in [2.45, 2.75) is 19.4 Å². The smallest absolute Gasteiger partial charge is 0.310 e. The summed E-state index contributed by atoms with van der Waals surface area (Å²) in [5.74, 6) is -2.67. The lowest BCUT2D eigenvalue weighted by atomic mass is 10.1. The van der Waals surface area contributed by atoms with Crippen molar-refractivity contribution in [1.29, 1.82) is 0 Å². The molecule has 0 aliphatic carbocycles. The summed E-state index contributed by atoms with van der Waals surface area (Å²) < 4.78 is 31.9. The van der Waals surface area contributed by atoms with Crippen LogP contribution in [-0.2, 0) is 22.6 Å². The number of rotatable bonds is 8. The Labute approximate surface area is 178 Å². The van der Waals surface area contributed by atoms with Gasteiger partial charge in [0.15, 0.2) is 5.78 Å². The number of halogens is 2. The third kappa shape index (κ3) is 6.57. The van der Waals surface area contributed by atoms with Gasteiger partial charge in [0.1, 0.15) is 24.1 Å². The van der Waals surface area contributed by atoms with E-state index in [1.807, 2.05) is 30.3 Å². The number of Topliss-reactive ketones (excluding diaryl/α,β-unsaturated/α-hetero) is 1. The number of ether oxygens (including phenoxy) is 1. The van der Waals surface area contributed by atoms with Gasteiger partial charge in [0.2, 0.25) is 0 Å². The summed E-state index contributed by atoms with van der Waals surface area (Å²) >= 11 is 0. The molecule has 5 nitrogen and oxygen atoms in total. The monoisotopic (exact) mass is 422 g/mol. The maximum atomic E-state index is 13.7. The SMILES string of the molecule is NC(CC(=O)c1ccc(F)cc1F)=Nc1ccc(CC(=O)OCc2ccccc2)cc1. The average Bonchev–Trinajstić information content (AvgIpc) is 2.74. The molecule has 0 amide bonds. The Kier molecular flexibility index (Phi) is 7.22. The van der Waals surface area contributed by atoms with Crippen molar-refractivity contribution in [1.82, 2.24) is 0 Å². The Balaban J connectivity index is 1.54. The molecule has 0 aliphatic heterocycles. The number of carbonyl (C=O) groups is 2. The number of benzene rings is 3. The minimum Gasteiger partial charge on any atom is -0.461 e. The number of hydrogen-bond acceptors (Lipinski definition) is 4. The second-order valence-electron chi connectivity index (χ2n) is 6.82. The van der Waals surface area contributed by atoms with Crippen LogP contribution in [0.15, 0.2) is 77.8 Å². The van der Waals surface area contributed by atoms with E-state index >= 15 is 0 Å². The van der Waals surface area contributed by atoms with Gasteiger partial charge in [-0.1, -0.05) is 42.5 Å². The number of ketones is 1. The maximum absolute atomic E-state index is 13.7. The minimum absolute atomic E-state index is 0.0104. The van der Waals surface area contributed by atoms with Gasteiger partial charge in [0.05, 0.1) is 24.1 Å². The lowest BCUT2D eigenvalue weighted by Gasteiger charge is -2.06. The van der Waals surface area contributed by atoms with Crippen LogP contribution in [0.2, 0.25) is 0 Å². The van der Waals surface area contributed by atoms with E-state index < -0.39 is 17.4 Å². The minimum atomic E-state index is -0.943. The summed E-state index contributed by atoms with van der Waals surface area (Å²) in [4.78, 5) is 28.3. The summed E-state index contributed by atoms with van der Waals surface area (Å²) in [6, 6.07) is 18.8. The van der Waals surface area contributed by atoms with E-state index in [0.717, 1.165) is 23.3 Å². The highest BCUT2D eigenvalue weighted by atomic mass is 19.1. The molecule has 0 fully saturated rings. The number of amidine groups is 1. The van der Waals surface area contributed by atoms with Crippen LogP contribution in [0.3, 0.4) is 0 Å². The van der Waals surface area contributed by atoms with Gasteiger partial charge in [-0.3, -0.25) is 9.59 Å². The second-order valence-corrected chi connectivity index (χ2v) is 6.82. The van der Waals surface area contributed by atoms with E-state index in [0.29, 0.717) is 11.8 Å². The zero-order valence-corrected chi connectivity index (χ0v) is 16.6. The number of aliphatic imine (C=N–C) groups is 1. The first-order valence-electron chi connectivity index (χ1n) is 9.50. The molecule has 0 saturated carbocycles. The molecular formula is C24H20F2N2O3. The number of hydrogen-bond donors (Lipinski definition) is 1. The molecule has 0 atom stereocenters. The lowest BCUT2D eigenvalue weighted by molar-refractivity contribution is -0.144. The van der Waals surface area contributed by atoms with Crippen LogP contribution in [0.4, 0.5) is 14.5 Å². The number of nitrogens with zero attached hydrogens (tertiary/aromatic N) is 1. The predicted molar refractivity (Wildman–Crippen MR) is 113 cm³/mol. The van der Waals surface area contributed by atoms with Crippen LogP contribution in [0.1, 0.15) is 27.9 Å². The summed E-state index contributed by atoms with van der Waals surface area (Å²) in [5, 5.41) is 0. The summed E-state index contributed by atoms with van der Waals surface area (Å²) in [7, 11) is 0. The predicted octanol–water partition coefficient (Wildman–Crippen LogP) is 4.51. The third-order valence-corrected chi connectivity index (χ3v) is 4.37. The van der Waals surface area contributed by atoms with Crippen molar-refractivity contribution < 1.29 is 23.1 Å². The number of esters is 1. The Morgan fingerprint density at radius 2 is 1.61 bits per heavy atom. The van der Waals surface area contributed by atoms with E-state index in [2.05, 4.69) is 4.99 Å². The molecule has 2 N–H and O–H groups in total. The normalized spacial score (nSPS) is 11.2. The van der Waals surface area contributed by atoms with Gasteiger partial charge in [0, 0.05) is 6.07 Å². The zero-order valence-electron chi connectivity index (χ0n) is 16.6. The van der Waals surface area contributed by atoms with E-state index in [1.165, 1.54) is 0 Å². The van der Waals surface area contributed by atoms with Gasteiger partial charge in [-0.05, 0) is 35.4 Å². The van der Waals surface area contributed by atoms with Gasteiger partial charge >= 0.3 is 5.97 Å². The number of nitrogens with two attached hydrogens (primary N) is 1. The number of carbonyl (C=O) groups excluding carboxylic acids is 2. The Morgan fingerprint density at radius 1 is 0.903 bits per heavy atom. The molecule has 3 aromatic rings. The Hall–Kier alpha value is -3.87. The van der Waals surface area contributed by atoms with E-state index in [1.54, 1.807) is 24.3 Å². The van der Waals surface area contributed by atoms with Crippen molar-refractivity contribution in [2.24, 2.45) is 10.7 Å². The first kappa shape index (κ1) is 21.8. The topological polar surface area (TPSA) is 81.8 Å². The van der Waals surface area contributed by atoms with Gasteiger partial charge in [-0.25, -0.2) is 13.8 Å². The van der Waals surface area contributed by atoms with Crippen molar-refractivity contribution in [2.75, 3.05) is 0 Å². The van der Waals surface area contributed by atoms with E-state index in [-0.39, 0.29) is 36.8 Å². The summed E-state index contributed by atoms with van der Waals surface area (Å²) in [6.07, 6.45) is -0.204. The third-order valence-electron chi connectivity index (χ3n) is 4.37. The Morgan fingerprint density at radius 3 is 2.29 bits per heavy atom. The molecule has 0 bridgehead atoms. The van der Waals surface area contributed by atoms with Crippen LogP contribution in [0.5, 0.6) is 0 Å². The van der Waals surface area contributed by atoms with Gasteiger partial charge in [-0.15, -0.1) is 0 Å². The highest BCUT2D eigenvalue weighted by Gasteiger charge is 2.14. The first-order chi connectivity index (χ1) is 14.9. The van der Waals surface area contributed by atoms with Gasteiger partial charge in [-0.2, -0.15) is 0 Å². The Bertz CT molecular complexity index is 1100. The van der Waals surface area contributed by atoms with Crippen molar-refractivity contribution in [3.63, 3.8) is 0 Å². The van der Waals surface area contributed by atoms with Crippen molar-refractivity contribution in [3.8, 4) is 0 Å². The summed E-state index contributed by atoms with van der Waals surface area (Å²) in [6.45, 7) is 0.210. The molecule has 158 valence electrons. The molecule has 0 unspecified atom stereocenters. The standard InChI is InChI=1S/C24H20F2N2O3/c25-18-8-11-20(21(26)13-18)22(29)14-23(27)28-19-9-6-16(7-10-19)12-24(30)31-15-17-4-2-1-3-5-17/h1-11,13H,12,14-15H2,(H2,27,28). The molecule has 0 aromatic heterocycles. The largest absolute Gasteiger partial charge is 0.461 e. The molecule has 0 heterocycles. The molecule has 3 rings (SSSR count). The molecule has 7 heteroatoms. The lowest BCUT2D eigenvalue weighted by Crippen LogP contribution is -2.17. The zero-order chi connectivity index (χ0) is 22.2. The van der Waals surface area contributed by atoms with Crippen LogP contribution in [0.25, 0.3) is 0 Å². The highest BCUT2D eigenvalue weighted by Crippen LogP contribution is 2.16. The fourth-order valence-electron chi connectivity index (χ4n) is 2.82. The molecule has 3 aromatic carbocycles. The highest BCUT2D eigenvalue weighted by molar-refractivity contribution is 6.09. The fraction of sp³-hybridized carbons (Fsp3) is 0.125. The average molecular weight is 422 g/mol. The summed E-state index contributed by atoms with van der Waals surface area (Å²) in [5.41, 5.74) is 7.67. The maximum Gasteiger partial charge on any atom is 0.310 e.